The molecule has 0 unspecified atom stereocenters. The predicted molar refractivity (Wildman–Crippen MR) is 47.4 cm³/mol. The highest BCUT2D eigenvalue weighted by molar-refractivity contribution is 5.16. The summed E-state index contributed by atoms with van der Waals surface area (Å²) in [5, 5.41) is 9.65. The molecule has 1 heteroatoms. The molecule has 1 rings (SSSR count). The molecular weight excluding hydrogens is 136 g/mol. The van der Waals surface area contributed by atoms with Crippen LogP contribution >= 0.6 is 0 Å². The highest BCUT2D eigenvalue weighted by atomic mass is 16.3. The molecule has 1 aliphatic carbocycles. The molecule has 0 bridgehead atoms. The van der Waals surface area contributed by atoms with Crippen molar-refractivity contribution in [3.8, 4) is 0 Å². The molecule has 0 aromatic carbocycles. The summed E-state index contributed by atoms with van der Waals surface area (Å²) in [6.07, 6.45) is 3.16. The predicted octanol–water partition coefficient (Wildman–Crippen LogP) is 2.50. The van der Waals surface area contributed by atoms with Crippen LogP contribution in [0.4, 0.5) is 0 Å². The van der Waals surface area contributed by atoms with Crippen molar-refractivity contribution in [1.82, 2.24) is 0 Å². The Labute approximate surface area is 69.1 Å². The van der Waals surface area contributed by atoms with Gasteiger partial charge in [0, 0.05) is 0 Å². The summed E-state index contributed by atoms with van der Waals surface area (Å²) in [7, 11) is 0. The lowest BCUT2D eigenvalue weighted by atomic mass is 9.83. The summed E-state index contributed by atoms with van der Waals surface area (Å²) in [5.41, 5.74) is 2.59. The number of allylic oxidation sites excluding steroid dienone is 1. The molecular formula is C10H18O. The maximum atomic E-state index is 9.65. The van der Waals surface area contributed by atoms with Gasteiger partial charge in [0.05, 0.1) is 6.10 Å². The number of aliphatic hydroxyl groups is 1. The van der Waals surface area contributed by atoms with Crippen LogP contribution in [0.2, 0.25) is 0 Å². The van der Waals surface area contributed by atoms with Gasteiger partial charge in [-0.2, -0.15) is 0 Å². The van der Waals surface area contributed by atoms with E-state index in [9.17, 15) is 5.11 Å². The number of rotatable bonds is 0. The molecule has 1 nitrogen and oxygen atoms in total. The minimum Gasteiger partial charge on any atom is -0.389 e. The standard InChI is InChI=1S/C10H18O/c1-7(2)9-5-4-8(3)6-10(9)11/h8,10-11H,4-6H2,1-3H3/t8-,10-/m1/s1. The van der Waals surface area contributed by atoms with Crippen LogP contribution in [0.15, 0.2) is 11.1 Å². The van der Waals surface area contributed by atoms with E-state index >= 15 is 0 Å². The van der Waals surface area contributed by atoms with E-state index in [1.54, 1.807) is 0 Å². The van der Waals surface area contributed by atoms with Gasteiger partial charge in [-0.1, -0.05) is 12.5 Å². The van der Waals surface area contributed by atoms with Crippen LogP contribution in [0.5, 0.6) is 0 Å². The maximum absolute atomic E-state index is 9.65. The second-order valence-corrected chi connectivity index (χ2v) is 3.92. The monoisotopic (exact) mass is 154 g/mol. The maximum Gasteiger partial charge on any atom is 0.0755 e. The Hall–Kier alpha value is -0.300. The van der Waals surface area contributed by atoms with E-state index < -0.39 is 0 Å². The van der Waals surface area contributed by atoms with E-state index in [4.69, 9.17) is 0 Å². The first-order chi connectivity index (χ1) is 5.11. The van der Waals surface area contributed by atoms with E-state index in [1.165, 1.54) is 17.6 Å². The Kier molecular flexibility index (Phi) is 2.72. The minimum atomic E-state index is -0.149. The zero-order chi connectivity index (χ0) is 8.43. The quantitative estimate of drug-likeness (QED) is 0.531. The number of aliphatic hydroxyl groups excluding tert-OH is 1. The topological polar surface area (TPSA) is 20.2 Å². The second-order valence-electron chi connectivity index (χ2n) is 3.92. The normalized spacial score (nSPS) is 32.2. The van der Waals surface area contributed by atoms with E-state index in [0.717, 1.165) is 12.8 Å². The van der Waals surface area contributed by atoms with Crippen molar-refractivity contribution >= 4 is 0 Å². The molecule has 1 saturated carbocycles. The summed E-state index contributed by atoms with van der Waals surface area (Å²) in [6.45, 7) is 6.40. The second kappa shape index (κ2) is 3.40. The Balaban J connectivity index is 2.65. The van der Waals surface area contributed by atoms with Gasteiger partial charge in [-0.05, 0) is 44.6 Å². The molecule has 0 heterocycles. The van der Waals surface area contributed by atoms with Crippen LogP contribution in [0, 0.1) is 5.92 Å². The number of hydrogen-bond donors (Lipinski definition) is 1. The zero-order valence-corrected chi connectivity index (χ0v) is 7.72. The first-order valence-electron chi connectivity index (χ1n) is 4.45. The Morgan fingerprint density at radius 3 is 2.55 bits per heavy atom. The Morgan fingerprint density at radius 1 is 1.45 bits per heavy atom. The summed E-state index contributed by atoms with van der Waals surface area (Å²) >= 11 is 0. The lowest BCUT2D eigenvalue weighted by molar-refractivity contribution is 0.152. The molecule has 2 atom stereocenters. The van der Waals surface area contributed by atoms with Crippen molar-refractivity contribution in [3.05, 3.63) is 11.1 Å². The van der Waals surface area contributed by atoms with Gasteiger partial charge in [-0.3, -0.25) is 0 Å². The average Bonchev–Trinajstić information content (AvgIpc) is 1.85. The minimum absolute atomic E-state index is 0.149. The SMILES string of the molecule is CC(C)=C1CC[C@@H](C)C[C@H]1O. The van der Waals surface area contributed by atoms with Crippen molar-refractivity contribution in [2.45, 2.75) is 46.1 Å². The first-order valence-corrected chi connectivity index (χ1v) is 4.45. The molecule has 0 spiro atoms. The average molecular weight is 154 g/mol. The van der Waals surface area contributed by atoms with E-state index in [-0.39, 0.29) is 6.10 Å². The molecule has 64 valence electrons. The highest BCUT2D eigenvalue weighted by Gasteiger charge is 2.21. The van der Waals surface area contributed by atoms with Crippen molar-refractivity contribution in [3.63, 3.8) is 0 Å². The molecule has 0 aliphatic heterocycles. The van der Waals surface area contributed by atoms with Gasteiger partial charge >= 0.3 is 0 Å². The van der Waals surface area contributed by atoms with E-state index in [2.05, 4.69) is 20.8 Å². The largest absolute Gasteiger partial charge is 0.389 e. The third-order valence-corrected chi connectivity index (χ3v) is 2.58. The molecule has 1 fully saturated rings. The lowest BCUT2D eigenvalue weighted by Crippen LogP contribution is -2.21. The molecule has 1 N–H and O–H groups in total. The van der Waals surface area contributed by atoms with Gasteiger partial charge in [-0.25, -0.2) is 0 Å². The van der Waals surface area contributed by atoms with Crippen molar-refractivity contribution < 1.29 is 5.11 Å². The van der Waals surface area contributed by atoms with Crippen LogP contribution < -0.4 is 0 Å². The Morgan fingerprint density at radius 2 is 2.09 bits per heavy atom. The Bertz CT molecular complexity index is 166. The first kappa shape index (κ1) is 8.79. The number of hydrogen-bond acceptors (Lipinski definition) is 1. The summed E-state index contributed by atoms with van der Waals surface area (Å²) in [6, 6.07) is 0. The van der Waals surface area contributed by atoms with Gasteiger partial charge in [0.2, 0.25) is 0 Å². The van der Waals surface area contributed by atoms with Crippen molar-refractivity contribution in [2.75, 3.05) is 0 Å². The summed E-state index contributed by atoms with van der Waals surface area (Å²) in [4.78, 5) is 0. The van der Waals surface area contributed by atoms with Crippen LogP contribution in [-0.4, -0.2) is 11.2 Å². The van der Waals surface area contributed by atoms with Gasteiger partial charge in [0.1, 0.15) is 0 Å². The lowest BCUT2D eigenvalue weighted by Gasteiger charge is -2.26. The molecule has 0 radical (unpaired) electrons. The summed E-state index contributed by atoms with van der Waals surface area (Å²) in [5.74, 6) is 0.702. The fraction of sp³-hybridized carbons (Fsp3) is 0.800. The summed E-state index contributed by atoms with van der Waals surface area (Å²) < 4.78 is 0. The molecule has 0 saturated heterocycles. The molecule has 11 heavy (non-hydrogen) atoms. The third kappa shape index (κ3) is 2.06. The smallest absolute Gasteiger partial charge is 0.0755 e. The fourth-order valence-electron chi connectivity index (χ4n) is 1.79. The molecule has 0 aromatic heterocycles. The molecule has 0 amide bonds. The third-order valence-electron chi connectivity index (χ3n) is 2.58. The van der Waals surface area contributed by atoms with Gasteiger partial charge in [0.25, 0.3) is 0 Å². The van der Waals surface area contributed by atoms with Gasteiger partial charge < -0.3 is 5.11 Å². The van der Waals surface area contributed by atoms with Gasteiger partial charge in [0.15, 0.2) is 0 Å². The van der Waals surface area contributed by atoms with Crippen LogP contribution in [0.3, 0.4) is 0 Å². The van der Waals surface area contributed by atoms with Crippen molar-refractivity contribution in [1.29, 1.82) is 0 Å². The molecule has 0 aromatic rings. The highest BCUT2D eigenvalue weighted by Crippen LogP contribution is 2.29. The van der Waals surface area contributed by atoms with E-state index in [0.29, 0.717) is 5.92 Å². The van der Waals surface area contributed by atoms with Crippen molar-refractivity contribution in [2.24, 2.45) is 5.92 Å². The van der Waals surface area contributed by atoms with Crippen LogP contribution in [-0.2, 0) is 0 Å². The van der Waals surface area contributed by atoms with Gasteiger partial charge in [-0.15, -0.1) is 0 Å². The molecule has 1 aliphatic rings. The van der Waals surface area contributed by atoms with Crippen LogP contribution in [0.25, 0.3) is 0 Å². The van der Waals surface area contributed by atoms with E-state index in [1.807, 2.05) is 0 Å². The van der Waals surface area contributed by atoms with Crippen LogP contribution in [0.1, 0.15) is 40.0 Å². The fourth-order valence-corrected chi connectivity index (χ4v) is 1.79. The zero-order valence-electron chi connectivity index (χ0n) is 7.72.